The zero-order chi connectivity index (χ0) is 22.6. The third kappa shape index (κ3) is 3.55. The molecule has 1 saturated heterocycles. The molecule has 1 aliphatic rings. The molecule has 1 aliphatic heterocycles. The molecule has 1 atom stereocenters. The van der Waals surface area contributed by atoms with Crippen LogP contribution in [-0.4, -0.2) is 33.5 Å². The van der Waals surface area contributed by atoms with E-state index >= 15 is 0 Å². The van der Waals surface area contributed by atoms with Crippen molar-refractivity contribution in [1.29, 1.82) is 0 Å². The van der Waals surface area contributed by atoms with Crippen LogP contribution in [0.15, 0.2) is 42.6 Å². The highest BCUT2D eigenvalue weighted by Crippen LogP contribution is 2.40. The van der Waals surface area contributed by atoms with Crippen LogP contribution in [0.4, 0.5) is 4.39 Å². The van der Waals surface area contributed by atoms with Crippen molar-refractivity contribution in [3.63, 3.8) is 0 Å². The van der Waals surface area contributed by atoms with E-state index in [9.17, 15) is 9.18 Å². The number of rotatable bonds is 2. The van der Waals surface area contributed by atoms with Crippen LogP contribution in [-0.2, 0) is 4.74 Å². The summed E-state index contributed by atoms with van der Waals surface area (Å²) in [5, 5.41) is 6.37. The van der Waals surface area contributed by atoms with Gasteiger partial charge in [-0.15, -0.1) is 0 Å². The van der Waals surface area contributed by atoms with Gasteiger partial charge >= 0.3 is 0 Å². The van der Waals surface area contributed by atoms with Gasteiger partial charge in [-0.3, -0.25) is 4.79 Å². The maximum absolute atomic E-state index is 13.7. The average molecular weight is 545 g/mol. The number of carbonyl (C=O) groups is 1. The summed E-state index contributed by atoms with van der Waals surface area (Å²) < 4.78 is 24.4. The summed E-state index contributed by atoms with van der Waals surface area (Å²) in [7, 11) is 0. The highest BCUT2D eigenvalue weighted by Gasteiger charge is 2.29. The van der Waals surface area contributed by atoms with Crippen molar-refractivity contribution in [1.82, 2.24) is 14.3 Å². The molecule has 2 aromatic carbocycles. The number of aromatic nitrogens is 3. The minimum Gasteiger partial charge on any atom is -0.381 e. The topological polar surface area (TPSA) is 49.1 Å². The first-order chi connectivity index (χ1) is 15.3. The van der Waals surface area contributed by atoms with Crippen LogP contribution in [0.5, 0.6) is 0 Å². The van der Waals surface area contributed by atoms with E-state index in [1.807, 2.05) is 32.9 Å². The van der Waals surface area contributed by atoms with Crippen LogP contribution in [0.1, 0.15) is 50.0 Å². The summed E-state index contributed by atoms with van der Waals surface area (Å²) in [6.07, 6.45) is 3.81. The number of halogens is 2. The molecule has 5 rings (SSSR count). The Morgan fingerprint density at radius 2 is 1.94 bits per heavy atom. The zero-order valence-electron chi connectivity index (χ0n) is 18.4. The quantitative estimate of drug-likeness (QED) is 0.278. The molecule has 7 heteroatoms. The van der Waals surface area contributed by atoms with Gasteiger partial charge in [0, 0.05) is 43.7 Å². The van der Waals surface area contributed by atoms with Crippen LogP contribution in [0, 0.1) is 14.8 Å². The Kier molecular flexibility index (Phi) is 5.36. The summed E-state index contributed by atoms with van der Waals surface area (Å²) in [4.78, 5) is 13.0. The van der Waals surface area contributed by atoms with Crippen LogP contribution >= 0.6 is 22.6 Å². The van der Waals surface area contributed by atoms with Gasteiger partial charge in [0.1, 0.15) is 5.82 Å². The molecule has 0 bridgehead atoms. The Morgan fingerprint density at radius 1 is 1.19 bits per heavy atom. The number of hydrogen-bond donors (Lipinski definition) is 0. The second-order valence-corrected chi connectivity index (χ2v) is 10.5. The summed E-state index contributed by atoms with van der Waals surface area (Å²) >= 11 is 2.41. The molecule has 2 aromatic heterocycles. The summed E-state index contributed by atoms with van der Waals surface area (Å²) in [6.45, 7) is 7.16. The first-order valence-corrected chi connectivity index (χ1v) is 11.9. The Bertz CT molecular complexity index is 1330. The van der Waals surface area contributed by atoms with Crippen molar-refractivity contribution >= 4 is 50.3 Å². The van der Waals surface area contributed by atoms with E-state index in [1.165, 1.54) is 22.5 Å². The Morgan fingerprint density at radius 3 is 2.59 bits per heavy atom. The van der Waals surface area contributed by atoms with Gasteiger partial charge in [-0.25, -0.2) is 4.39 Å². The molecular weight excluding hydrogens is 520 g/mol. The third-order valence-corrected chi connectivity index (χ3v) is 7.23. The van der Waals surface area contributed by atoms with Gasteiger partial charge in [-0.1, -0.05) is 20.8 Å². The molecule has 1 unspecified atom stereocenters. The number of carbonyl (C=O) groups excluding carboxylic acids is 1. The van der Waals surface area contributed by atoms with Crippen LogP contribution in [0.3, 0.4) is 0 Å². The second kappa shape index (κ2) is 7.95. The molecule has 0 spiro atoms. The minimum atomic E-state index is -0.536. The molecule has 0 N–H and O–H groups in total. The number of ether oxygens (including phenoxy) is 1. The molecular formula is C25H25FIN3O2. The maximum atomic E-state index is 13.7. The lowest BCUT2D eigenvalue weighted by Crippen LogP contribution is -2.27. The molecule has 0 saturated carbocycles. The fourth-order valence-electron chi connectivity index (χ4n) is 4.45. The number of fused-ring (bicyclic) bond motifs is 2. The lowest BCUT2D eigenvalue weighted by molar-refractivity contribution is 0.0755. The lowest BCUT2D eigenvalue weighted by atomic mass is 9.96. The summed E-state index contributed by atoms with van der Waals surface area (Å²) in [6, 6.07) is 10.8. The van der Waals surface area contributed by atoms with E-state index in [-0.39, 0.29) is 17.6 Å². The van der Waals surface area contributed by atoms with E-state index < -0.39 is 5.41 Å². The normalized spacial score (nSPS) is 17.3. The monoisotopic (exact) mass is 545 g/mol. The van der Waals surface area contributed by atoms with Gasteiger partial charge in [0.25, 0.3) is 5.91 Å². The highest BCUT2D eigenvalue weighted by molar-refractivity contribution is 14.1. The van der Waals surface area contributed by atoms with E-state index in [4.69, 9.17) is 4.74 Å². The van der Waals surface area contributed by atoms with Gasteiger partial charge < -0.3 is 9.30 Å². The molecule has 0 aliphatic carbocycles. The van der Waals surface area contributed by atoms with Crippen LogP contribution < -0.4 is 0 Å². The fourth-order valence-corrected chi connectivity index (χ4v) is 5.57. The Balaban J connectivity index is 1.79. The smallest absolute Gasteiger partial charge is 0.252 e. The number of benzene rings is 2. The SMILES string of the molecule is CC(C)(C)C(=O)n1ncc2cc3c(cc21)c(I)c(C1CCCOC1)n3-c1ccc(F)cc1. The van der Waals surface area contributed by atoms with Gasteiger partial charge in [0.2, 0.25) is 0 Å². The second-order valence-electron chi connectivity index (χ2n) is 9.46. The van der Waals surface area contributed by atoms with Crippen molar-refractivity contribution in [2.75, 3.05) is 13.2 Å². The van der Waals surface area contributed by atoms with E-state index in [0.29, 0.717) is 6.61 Å². The fraction of sp³-hybridized carbons (Fsp3) is 0.360. The zero-order valence-corrected chi connectivity index (χ0v) is 20.5. The minimum absolute atomic E-state index is 0.0410. The van der Waals surface area contributed by atoms with Gasteiger partial charge in [0.15, 0.2) is 0 Å². The molecule has 32 heavy (non-hydrogen) atoms. The van der Waals surface area contributed by atoms with Crippen molar-refractivity contribution in [3.8, 4) is 5.69 Å². The summed E-state index contributed by atoms with van der Waals surface area (Å²) in [5.74, 6) is -0.0449. The van der Waals surface area contributed by atoms with Crippen molar-refractivity contribution < 1.29 is 13.9 Å². The maximum Gasteiger partial charge on any atom is 0.252 e. The lowest BCUT2D eigenvalue weighted by Gasteiger charge is -2.24. The van der Waals surface area contributed by atoms with Gasteiger partial charge in [-0.05, 0) is 71.8 Å². The van der Waals surface area contributed by atoms with Crippen molar-refractivity contribution in [2.24, 2.45) is 5.41 Å². The van der Waals surface area contributed by atoms with Crippen LogP contribution in [0.2, 0.25) is 0 Å². The Hall–Kier alpha value is -2.26. The van der Waals surface area contributed by atoms with E-state index in [1.54, 1.807) is 6.20 Å². The van der Waals surface area contributed by atoms with Crippen molar-refractivity contribution in [3.05, 3.63) is 57.7 Å². The first-order valence-electron chi connectivity index (χ1n) is 10.9. The number of nitrogens with zero attached hydrogens (tertiary/aromatic N) is 3. The largest absolute Gasteiger partial charge is 0.381 e. The average Bonchev–Trinajstić information content (AvgIpc) is 3.31. The van der Waals surface area contributed by atoms with E-state index in [2.05, 4.69) is 44.4 Å². The highest BCUT2D eigenvalue weighted by atomic mass is 127. The third-order valence-electron chi connectivity index (χ3n) is 6.09. The predicted molar refractivity (Wildman–Crippen MR) is 132 cm³/mol. The summed E-state index contributed by atoms with van der Waals surface area (Å²) in [5.41, 5.74) is 3.39. The molecule has 5 nitrogen and oxygen atoms in total. The van der Waals surface area contributed by atoms with Crippen LogP contribution in [0.25, 0.3) is 27.5 Å². The van der Waals surface area contributed by atoms with Crippen molar-refractivity contribution in [2.45, 2.75) is 39.5 Å². The first kappa shape index (κ1) is 21.6. The predicted octanol–water partition coefficient (Wildman–Crippen LogP) is 6.30. The molecule has 0 amide bonds. The molecule has 1 fully saturated rings. The van der Waals surface area contributed by atoms with Gasteiger partial charge in [-0.2, -0.15) is 9.78 Å². The standard InChI is InChI=1S/C25H25FIN3O2/c1-25(2,3)24(31)30-20-12-19-21(11-16(20)13-28-30)29(18-8-6-17(26)7-9-18)23(22(19)27)15-5-4-10-32-14-15/h6-9,11-13,15H,4-5,10,14H2,1-3H3. The molecule has 0 radical (unpaired) electrons. The molecule has 166 valence electrons. The molecule has 3 heterocycles. The number of hydrogen-bond acceptors (Lipinski definition) is 3. The van der Waals surface area contributed by atoms with Gasteiger partial charge in [0.05, 0.1) is 23.8 Å². The van der Waals surface area contributed by atoms with E-state index in [0.717, 1.165) is 50.5 Å². The molecule has 4 aromatic rings. The Labute approximate surface area is 199 Å².